The van der Waals surface area contributed by atoms with E-state index in [1.165, 1.54) is 0 Å². The average molecular weight is 384 g/mol. The standard InChI is InChI=1S/C20H18F2N4O2/c1-3-7-20-15(4-2)19(11-25,17(26)28-20)18(9-23,10-24)16(27-20)13-8-12(21)5-6-14(13)22/h5-6,8,15-16,26H,3-4,7H2,1-2H3. The zero-order valence-corrected chi connectivity index (χ0v) is 15.4. The third-order valence-corrected chi connectivity index (χ3v) is 5.80. The molecule has 2 fully saturated rings. The highest BCUT2D eigenvalue weighted by atomic mass is 19.1. The molecule has 4 unspecified atom stereocenters. The van der Waals surface area contributed by atoms with Gasteiger partial charge in [-0.2, -0.15) is 15.8 Å². The molecule has 2 heterocycles. The average Bonchev–Trinajstić information content (AvgIpc) is 2.87. The Morgan fingerprint density at radius 1 is 1.14 bits per heavy atom. The van der Waals surface area contributed by atoms with Gasteiger partial charge in [0, 0.05) is 12.0 Å². The SMILES string of the molecule is CCCC12OC(=N)C(C#N)(C1CC)C(C#N)(C#N)C(c1cc(F)ccc1F)O2. The Hall–Kier alpha value is -3.02. The number of nitrogens with one attached hydrogen (secondary N) is 1. The number of hydrogen-bond acceptors (Lipinski definition) is 6. The third-order valence-electron chi connectivity index (χ3n) is 5.80. The summed E-state index contributed by atoms with van der Waals surface area (Å²) in [4.78, 5) is 0. The summed E-state index contributed by atoms with van der Waals surface area (Å²) in [5, 5.41) is 38.5. The Bertz CT molecular complexity index is 946. The summed E-state index contributed by atoms with van der Waals surface area (Å²) in [5.41, 5.74) is -4.61. The van der Waals surface area contributed by atoms with Gasteiger partial charge in [0.2, 0.25) is 17.1 Å². The van der Waals surface area contributed by atoms with Crippen LogP contribution in [0.2, 0.25) is 0 Å². The predicted octanol–water partition coefficient (Wildman–Crippen LogP) is 4.11. The van der Waals surface area contributed by atoms with Crippen LogP contribution in [0.5, 0.6) is 0 Å². The molecule has 4 atom stereocenters. The van der Waals surface area contributed by atoms with Gasteiger partial charge >= 0.3 is 0 Å². The Balaban J connectivity index is 2.39. The fourth-order valence-corrected chi connectivity index (χ4v) is 4.66. The normalized spacial score (nSPS) is 32.7. The maximum absolute atomic E-state index is 14.6. The summed E-state index contributed by atoms with van der Waals surface area (Å²) < 4.78 is 40.3. The van der Waals surface area contributed by atoms with Crippen LogP contribution < -0.4 is 0 Å². The van der Waals surface area contributed by atoms with Crippen molar-refractivity contribution in [2.24, 2.45) is 16.7 Å². The minimum Gasteiger partial charge on any atom is -0.447 e. The molecule has 2 aliphatic rings. The second kappa shape index (κ2) is 6.55. The van der Waals surface area contributed by atoms with Crippen molar-refractivity contribution in [1.82, 2.24) is 0 Å². The molecule has 2 bridgehead atoms. The van der Waals surface area contributed by atoms with E-state index in [4.69, 9.17) is 14.9 Å². The zero-order chi connectivity index (χ0) is 20.7. The van der Waals surface area contributed by atoms with E-state index in [-0.39, 0.29) is 12.0 Å². The van der Waals surface area contributed by atoms with E-state index < -0.39 is 46.2 Å². The van der Waals surface area contributed by atoms with Gasteiger partial charge in [0.1, 0.15) is 17.7 Å². The summed E-state index contributed by atoms with van der Waals surface area (Å²) in [6, 6.07) is 8.25. The van der Waals surface area contributed by atoms with Crippen LogP contribution in [0.15, 0.2) is 18.2 Å². The topological polar surface area (TPSA) is 114 Å². The van der Waals surface area contributed by atoms with Crippen molar-refractivity contribution in [1.29, 1.82) is 21.2 Å². The summed E-state index contributed by atoms with van der Waals surface area (Å²) in [6.07, 6.45) is -0.498. The first-order valence-electron chi connectivity index (χ1n) is 8.97. The van der Waals surface area contributed by atoms with E-state index in [9.17, 15) is 24.6 Å². The molecule has 0 amide bonds. The zero-order valence-electron chi connectivity index (χ0n) is 15.4. The van der Waals surface area contributed by atoms with Crippen LogP contribution >= 0.6 is 0 Å². The van der Waals surface area contributed by atoms with Crippen LogP contribution in [0.25, 0.3) is 0 Å². The third kappa shape index (κ3) is 2.14. The summed E-state index contributed by atoms with van der Waals surface area (Å²) in [6.45, 7) is 3.59. The van der Waals surface area contributed by atoms with Crippen molar-refractivity contribution in [3.63, 3.8) is 0 Å². The van der Waals surface area contributed by atoms with Crippen molar-refractivity contribution in [2.75, 3.05) is 0 Å². The lowest BCUT2D eigenvalue weighted by Gasteiger charge is -2.49. The maximum atomic E-state index is 14.6. The minimum atomic E-state index is -2.29. The molecule has 144 valence electrons. The van der Waals surface area contributed by atoms with Gasteiger partial charge in [0.05, 0.1) is 24.1 Å². The molecular weight excluding hydrogens is 366 g/mol. The summed E-state index contributed by atoms with van der Waals surface area (Å²) in [7, 11) is 0. The second-order valence-corrected chi connectivity index (χ2v) is 7.07. The number of nitrogens with zero attached hydrogens (tertiary/aromatic N) is 3. The molecule has 0 spiro atoms. The number of hydrogen-bond donors (Lipinski definition) is 1. The number of ether oxygens (including phenoxy) is 2. The van der Waals surface area contributed by atoms with Gasteiger partial charge in [-0.05, 0) is 31.0 Å². The lowest BCUT2D eigenvalue weighted by Crippen LogP contribution is -2.59. The van der Waals surface area contributed by atoms with Crippen molar-refractivity contribution < 1.29 is 18.3 Å². The molecule has 2 saturated heterocycles. The predicted molar refractivity (Wildman–Crippen MR) is 92.1 cm³/mol. The number of fused-ring (bicyclic) bond motifs is 2. The Labute approximate surface area is 161 Å². The van der Waals surface area contributed by atoms with Crippen LogP contribution in [0, 0.1) is 67.8 Å². The number of halogens is 2. The van der Waals surface area contributed by atoms with E-state index in [2.05, 4.69) is 0 Å². The molecule has 0 aliphatic carbocycles. The van der Waals surface area contributed by atoms with Crippen LogP contribution in [0.1, 0.15) is 44.8 Å². The van der Waals surface area contributed by atoms with Crippen LogP contribution in [0.4, 0.5) is 8.78 Å². The fraction of sp³-hybridized carbons (Fsp3) is 0.500. The highest BCUT2D eigenvalue weighted by molar-refractivity contribution is 5.89. The first kappa shape index (κ1) is 19.7. The molecule has 3 rings (SSSR count). The van der Waals surface area contributed by atoms with Gasteiger partial charge < -0.3 is 9.47 Å². The second-order valence-electron chi connectivity index (χ2n) is 7.07. The lowest BCUT2D eigenvalue weighted by atomic mass is 9.52. The van der Waals surface area contributed by atoms with Crippen LogP contribution in [-0.4, -0.2) is 11.7 Å². The van der Waals surface area contributed by atoms with Crippen molar-refractivity contribution >= 4 is 5.90 Å². The van der Waals surface area contributed by atoms with Crippen LogP contribution in [0.3, 0.4) is 0 Å². The molecule has 8 heteroatoms. The molecule has 0 aromatic heterocycles. The molecule has 1 aromatic carbocycles. The lowest BCUT2D eigenvalue weighted by molar-refractivity contribution is -0.287. The Morgan fingerprint density at radius 2 is 1.82 bits per heavy atom. The van der Waals surface area contributed by atoms with Gasteiger partial charge in [-0.25, -0.2) is 8.78 Å². The Kier molecular flexibility index (Phi) is 4.61. The molecule has 1 N–H and O–H groups in total. The molecule has 28 heavy (non-hydrogen) atoms. The maximum Gasteiger partial charge on any atom is 0.217 e. The van der Waals surface area contributed by atoms with E-state index in [1.54, 1.807) is 6.92 Å². The Morgan fingerprint density at radius 3 is 2.36 bits per heavy atom. The minimum absolute atomic E-state index is 0.262. The number of nitriles is 3. The first-order chi connectivity index (χ1) is 13.3. The number of benzene rings is 1. The molecule has 1 aromatic rings. The van der Waals surface area contributed by atoms with Crippen molar-refractivity contribution in [3.8, 4) is 18.2 Å². The van der Waals surface area contributed by atoms with Gasteiger partial charge in [0.25, 0.3) is 0 Å². The molecular formula is C20H18F2N4O2. The first-order valence-corrected chi connectivity index (χ1v) is 8.97. The largest absolute Gasteiger partial charge is 0.447 e. The van der Waals surface area contributed by atoms with Gasteiger partial charge in [0.15, 0.2) is 5.41 Å². The van der Waals surface area contributed by atoms with E-state index >= 15 is 0 Å². The molecule has 0 saturated carbocycles. The highest BCUT2D eigenvalue weighted by Crippen LogP contribution is 2.68. The monoisotopic (exact) mass is 384 g/mol. The van der Waals surface area contributed by atoms with Crippen molar-refractivity contribution in [3.05, 3.63) is 35.4 Å². The smallest absolute Gasteiger partial charge is 0.217 e. The van der Waals surface area contributed by atoms with Gasteiger partial charge in [-0.3, -0.25) is 5.41 Å². The molecule has 0 radical (unpaired) electrons. The summed E-state index contributed by atoms with van der Waals surface area (Å²) in [5.74, 6) is -4.46. The van der Waals surface area contributed by atoms with Gasteiger partial charge in [-0.1, -0.05) is 13.8 Å². The molecule has 6 nitrogen and oxygen atoms in total. The van der Waals surface area contributed by atoms with Gasteiger partial charge in [-0.15, -0.1) is 0 Å². The van der Waals surface area contributed by atoms with E-state index in [1.807, 2.05) is 25.1 Å². The quantitative estimate of drug-likeness (QED) is 0.839. The molecule has 2 aliphatic heterocycles. The fourth-order valence-electron chi connectivity index (χ4n) is 4.66. The van der Waals surface area contributed by atoms with E-state index in [0.29, 0.717) is 12.8 Å². The number of rotatable bonds is 4. The van der Waals surface area contributed by atoms with Crippen LogP contribution in [-0.2, 0) is 9.47 Å². The van der Waals surface area contributed by atoms with Crippen molar-refractivity contribution in [2.45, 2.75) is 45.0 Å². The highest BCUT2D eigenvalue weighted by Gasteiger charge is 2.79. The van der Waals surface area contributed by atoms with E-state index in [0.717, 1.165) is 18.2 Å². The summed E-state index contributed by atoms with van der Waals surface area (Å²) >= 11 is 0.